The second-order valence-corrected chi connectivity index (χ2v) is 4.13. The molecule has 114 valence electrons. The molecule has 0 aliphatic heterocycles. The Labute approximate surface area is 118 Å². The number of allylic oxidation sites excluding steroid dienone is 1. The molecular weight excluding hydrogens is 266 g/mol. The summed E-state index contributed by atoms with van der Waals surface area (Å²) in [5, 5.41) is 5.39. The second kappa shape index (κ2) is 11.1. The van der Waals surface area contributed by atoms with Gasteiger partial charge in [-0.15, -0.1) is 0 Å². The lowest BCUT2D eigenvalue weighted by molar-refractivity contribution is -0.116. The first-order valence-corrected chi connectivity index (χ1v) is 6.27. The number of amides is 1. The topological polar surface area (TPSA) is 56.7 Å². The monoisotopic (exact) mass is 288 g/mol. The van der Waals surface area contributed by atoms with Crippen molar-refractivity contribution in [3.63, 3.8) is 0 Å². The van der Waals surface area contributed by atoms with E-state index < -0.39 is 6.43 Å². The van der Waals surface area contributed by atoms with Crippen LogP contribution in [0.15, 0.2) is 29.5 Å². The number of nitrogens with zero attached hydrogens (tertiary/aromatic N) is 2. The van der Waals surface area contributed by atoms with E-state index in [-0.39, 0.29) is 12.5 Å². The molecule has 0 aliphatic carbocycles. The maximum absolute atomic E-state index is 12.1. The molecule has 0 aromatic rings. The summed E-state index contributed by atoms with van der Waals surface area (Å²) in [6, 6.07) is 0. The molecule has 2 N–H and O–H groups in total. The van der Waals surface area contributed by atoms with Gasteiger partial charge in [0.1, 0.15) is 5.82 Å². The number of carbonyl (C=O) groups is 1. The molecule has 0 saturated carbocycles. The smallest absolute Gasteiger partial charge is 0.251 e. The zero-order chi connectivity index (χ0) is 15.4. The summed E-state index contributed by atoms with van der Waals surface area (Å²) < 4.78 is 24.1. The number of aliphatic imine (C=N–C) groups is 1. The second-order valence-electron chi connectivity index (χ2n) is 4.13. The Bertz CT molecular complexity index is 356. The maximum Gasteiger partial charge on any atom is 0.251 e. The van der Waals surface area contributed by atoms with Gasteiger partial charge in [0.15, 0.2) is 0 Å². The lowest BCUT2D eigenvalue weighted by atomic mass is 10.4. The van der Waals surface area contributed by atoms with Crippen LogP contribution in [0, 0.1) is 0 Å². The molecule has 0 spiro atoms. The first kappa shape index (κ1) is 18.2. The maximum atomic E-state index is 12.1. The molecule has 0 fully saturated rings. The van der Waals surface area contributed by atoms with Gasteiger partial charge in [0, 0.05) is 25.9 Å². The van der Waals surface area contributed by atoms with Gasteiger partial charge in [-0.3, -0.25) is 4.79 Å². The van der Waals surface area contributed by atoms with Crippen LogP contribution in [0.3, 0.4) is 0 Å². The normalized spacial score (nSPS) is 11.7. The zero-order valence-corrected chi connectivity index (χ0v) is 11.9. The van der Waals surface area contributed by atoms with Gasteiger partial charge < -0.3 is 15.5 Å². The number of hydrogen-bond donors (Lipinski definition) is 2. The highest BCUT2D eigenvalue weighted by molar-refractivity contribution is 5.91. The number of likely N-dealkylation sites (N-methyl/N-ethyl adjacent to an activating group) is 1. The fraction of sp³-hybridized carbons (Fsp3) is 0.538. The Morgan fingerprint density at radius 2 is 2.20 bits per heavy atom. The van der Waals surface area contributed by atoms with Crippen LogP contribution in [-0.4, -0.2) is 57.2 Å². The molecule has 0 saturated heterocycles. The largest absolute Gasteiger partial charge is 0.371 e. The van der Waals surface area contributed by atoms with E-state index in [1.54, 1.807) is 11.9 Å². The SMILES string of the molecule is C=C(N=C/C=C/C(=O)NC)NCCCN(C)CC(F)F. The summed E-state index contributed by atoms with van der Waals surface area (Å²) in [6.07, 6.45) is 2.71. The average molecular weight is 288 g/mol. The molecule has 5 nitrogen and oxygen atoms in total. The molecule has 0 radical (unpaired) electrons. The average Bonchev–Trinajstić information content (AvgIpc) is 2.38. The van der Waals surface area contributed by atoms with Crippen LogP contribution in [0.1, 0.15) is 6.42 Å². The van der Waals surface area contributed by atoms with E-state index in [0.29, 0.717) is 25.3 Å². The van der Waals surface area contributed by atoms with Crippen molar-refractivity contribution < 1.29 is 13.6 Å². The van der Waals surface area contributed by atoms with Crippen LogP contribution >= 0.6 is 0 Å². The standard InChI is InChI=1S/C13H22F2N4O/c1-11(17-7-4-6-13(20)16-2)18-8-5-9-19(3)10-12(14)15/h4,6-7,12,18H,1,5,8-10H2,2-3H3,(H,16,20)/b6-4+,17-7?. The predicted molar refractivity (Wildman–Crippen MR) is 77.0 cm³/mol. The summed E-state index contributed by atoms with van der Waals surface area (Å²) in [5.74, 6) is 0.250. The minimum atomic E-state index is -2.31. The summed E-state index contributed by atoms with van der Waals surface area (Å²) >= 11 is 0. The molecule has 7 heteroatoms. The fourth-order valence-corrected chi connectivity index (χ4v) is 1.30. The molecule has 0 heterocycles. The predicted octanol–water partition coefficient (Wildman–Crippen LogP) is 1.01. The number of nitrogens with one attached hydrogen (secondary N) is 2. The molecule has 0 aromatic carbocycles. The summed E-state index contributed by atoms with van der Waals surface area (Å²) in [6.45, 7) is 4.64. The summed E-state index contributed by atoms with van der Waals surface area (Å²) in [4.78, 5) is 16.4. The van der Waals surface area contributed by atoms with Gasteiger partial charge in [0.05, 0.1) is 6.54 Å². The van der Waals surface area contributed by atoms with E-state index in [9.17, 15) is 13.6 Å². The highest BCUT2D eigenvalue weighted by Crippen LogP contribution is 1.96. The van der Waals surface area contributed by atoms with Gasteiger partial charge in [0.2, 0.25) is 5.91 Å². The molecule has 0 bridgehead atoms. The quantitative estimate of drug-likeness (QED) is 0.358. The van der Waals surface area contributed by atoms with Crippen molar-refractivity contribution in [2.75, 3.05) is 33.7 Å². The molecule has 20 heavy (non-hydrogen) atoms. The van der Waals surface area contributed by atoms with Crippen LogP contribution in [0.25, 0.3) is 0 Å². The Balaban J connectivity index is 3.71. The van der Waals surface area contributed by atoms with E-state index in [4.69, 9.17) is 0 Å². The summed E-state index contributed by atoms with van der Waals surface area (Å²) in [5.41, 5.74) is 0. The molecular formula is C13H22F2N4O. The van der Waals surface area contributed by atoms with E-state index in [2.05, 4.69) is 22.2 Å². The first-order chi connectivity index (χ1) is 9.45. The van der Waals surface area contributed by atoms with Crippen LogP contribution in [0.4, 0.5) is 8.78 Å². The van der Waals surface area contributed by atoms with Crippen molar-refractivity contribution >= 4 is 12.1 Å². The van der Waals surface area contributed by atoms with Crippen molar-refractivity contribution in [1.82, 2.24) is 15.5 Å². The molecule has 0 unspecified atom stereocenters. The highest BCUT2D eigenvalue weighted by Gasteiger charge is 2.06. The Kier molecular flexibility index (Phi) is 10.1. The van der Waals surface area contributed by atoms with Crippen molar-refractivity contribution in [2.45, 2.75) is 12.8 Å². The minimum absolute atomic E-state index is 0.211. The molecule has 0 rings (SSSR count). The van der Waals surface area contributed by atoms with Crippen LogP contribution in [0.2, 0.25) is 0 Å². The van der Waals surface area contributed by atoms with Crippen LogP contribution < -0.4 is 10.6 Å². The number of alkyl halides is 2. The number of carbonyl (C=O) groups excluding carboxylic acids is 1. The Morgan fingerprint density at radius 3 is 2.80 bits per heavy atom. The van der Waals surface area contributed by atoms with E-state index in [1.165, 1.54) is 25.4 Å². The van der Waals surface area contributed by atoms with Gasteiger partial charge in [-0.25, -0.2) is 13.8 Å². The van der Waals surface area contributed by atoms with E-state index >= 15 is 0 Å². The number of rotatable bonds is 10. The van der Waals surface area contributed by atoms with Crippen molar-refractivity contribution in [1.29, 1.82) is 0 Å². The van der Waals surface area contributed by atoms with Crippen molar-refractivity contribution in [3.05, 3.63) is 24.6 Å². The molecule has 0 atom stereocenters. The Morgan fingerprint density at radius 1 is 1.50 bits per heavy atom. The fourth-order valence-electron chi connectivity index (χ4n) is 1.30. The lowest BCUT2D eigenvalue weighted by Gasteiger charge is -2.15. The van der Waals surface area contributed by atoms with Crippen molar-refractivity contribution in [3.8, 4) is 0 Å². The molecule has 0 aromatic heterocycles. The number of halogens is 2. The van der Waals surface area contributed by atoms with Gasteiger partial charge >= 0.3 is 0 Å². The molecule has 0 aliphatic rings. The minimum Gasteiger partial charge on any atom is -0.371 e. The number of hydrogen-bond acceptors (Lipinski definition) is 4. The third-order valence-corrected chi connectivity index (χ3v) is 2.31. The van der Waals surface area contributed by atoms with E-state index in [0.717, 1.165) is 0 Å². The van der Waals surface area contributed by atoms with Crippen LogP contribution in [-0.2, 0) is 4.79 Å². The van der Waals surface area contributed by atoms with E-state index in [1.807, 2.05) is 0 Å². The zero-order valence-electron chi connectivity index (χ0n) is 11.9. The van der Waals surface area contributed by atoms with Crippen molar-refractivity contribution in [2.24, 2.45) is 4.99 Å². The van der Waals surface area contributed by atoms with Gasteiger partial charge in [0.25, 0.3) is 6.43 Å². The van der Waals surface area contributed by atoms with Gasteiger partial charge in [-0.2, -0.15) is 0 Å². The third-order valence-electron chi connectivity index (χ3n) is 2.31. The Hall–Kier alpha value is -1.76. The van der Waals surface area contributed by atoms with Gasteiger partial charge in [-0.05, 0) is 26.1 Å². The van der Waals surface area contributed by atoms with Gasteiger partial charge in [-0.1, -0.05) is 6.58 Å². The first-order valence-electron chi connectivity index (χ1n) is 6.27. The third kappa shape index (κ3) is 11.3. The summed E-state index contributed by atoms with van der Waals surface area (Å²) in [7, 11) is 3.19. The van der Waals surface area contributed by atoms with Crippen LogP contribution in [0.5, 0.6) is 0 Å². The highest BCUT2D eigenvalue weighted by atomic mass is 19.3. The lowest BCUT2D eigenvalue weighted by Crippen LogP contribution is -2.27. The molecule has 1 amide bonds.